The van der Waals surface area contributed by atoms with Gasteiger partial charge in [0.15, 0.2) is 0 Å². The van der Waals surface area contributed by atoms with Gasteiger partial charge in [-0.2, -0.15) is 0 Å². The molecule has 5 aromatic carbocycles. The van der Waals surface area contributed by atoms with Crippen LogP contribution in [0.25, 0.3) is 64.1 Å². The van der Waals surface area contributed by atoms with E-state index in [1.807, 2.05) is 41.8 Å². The molecule has 0 saturated heterocycles. The summed E-state index contributed by atoms with van der Waals surface area (Å²) in [4.78, 5) is 17.6. The van der Waals surface area contributed by atoms with Gasteiger partial charge in [0.05, 0.1) is 38.5 Å². The van der Waals surface area contributed by atoms with Crippen LogP contribution in [0.1, 0.15) is 25.0 Å². The molecule has 0 fully saturated rings. The zero-order valence-corrected chi connectivity index (χ0v) is 26.7. The van der Waals surface area contributed by atoms with Crippen LogP contribution in [0, 0.1) is 0 Å². The van der Waals surface area contributed by atoms with Crippen molar-refractivity contribution < 1.29 is 0 Å². The molecule has 0 saturated carbocycles. The molecule has 222 valence electrons. The highest BCUT2D eigenvalue weighted by molar-refractivity contribution is 7.26. The predicted molar refractivity (Wildman–Crippen MR) is 197 cm³/mol. The van der Waals surface area contributed by atoms with Crippen LogP contribution in [0.15, 0.2) is 134 Å². The highest BCUT2D eigenvalue weighted by atomic mass is 32.1. The number of hydrogen-bond acceptors (Lipinski definition) is 5. The molecule has 5 heteroatoms. The molecule has 0 atom stereocenters. The van der Waals surface area contributed by atoms with Crippen LogP contribution < -0.4 is 4.90 Å². The lowest BCUT2D eigenvalue weighted by Crippen LogP contribution is -2.31. The minimum Gasteiger partial charge on any atom is -0.293 e. The van der Waals surface area contributed by atoms with Crippen molar-refractivity contribution in [2.45, 2.75) is 19.3 Å². The Kier molecular flexibility index (Phi) is 5.47. The molecule has 5 heterocycles. The molecule has 0 radical (unpaired) electrons. The number of aromatic nitrogens is 3. The van der Waals surface area contributed by atoms with Crippen molar-refractivity contribution in [3.8, 4) is 11.4 Å². The smallest absolute Gasteiger partial charge is 0.138 e. The van der Waals surface area contributed by atoms with E-state index in [0.717, 1.165) is 44.7 Å². The van der Waals surface area contributed by atoms with Gasteiger partial charge in [-0.15, -0.1) is 11.3 Å². The Morgan fingerprint density at radius 1 is 0.596 bits per heavy atom. The van der Waals surface area contributed by atoms with E-state index in [9.17, 15) is 0 Å². The molecule has 47 heavy (non-hydrogen) atoms. The summed E-state index contributed by atoms with van der Waals surface area (Å²) in [5, 5.41) is 7.31. The maximum atomic E-state index is 5.50. The molecule has 4 nitrogen and oxygen atoms in total. The summed E-state index contributed by atoms with van der Waals surface area (Å²) in [6.07, 6.45) is 1.81. The van der Waals surface area contributed by atoms with Crippen LogP contribution in [0.4, 0.5) is 17.2 Å². The Morgan fingerprint density at radius 2 is 1.28 bits per heavy atom. The second-order valence-corrected chi connectivity index (χ2v) is 13.9. The van der Waals surface area contributed by atoms with Gasteiger partial charge in [0.2, 0.25) is 0 Å². The second-order valence-electron chi connectivity index (χ2n) is 12.8. The van der Waals surface area contributed by atoms with E-state index in [1.165, 1.54) is 47.8 Å². The molecule has 4 aromatic heterocycles. The lowest BCUT2D eigenvalue weighted by Gasteiger charge is -2.42. The molecular formula is C42H28N4S. The third-order valence-corrected chi connectivity index (χ3v) is 11.0. The second kappa shape index (κ2) is 9.68. The Labute approximate surface area is 275 Å². The van der Waals surface area contributed by atoms with Crippen LogP contribution in [-0.4, -0.2) is 15.0 Å². The number of benzene rings is 5. The average Bonchev–Trinajstić information content (AvgIpc) is 3.52. The van der Waals surface area contributed by atoms with Crippen LogP contribution in [0.2, 0.25) is 0 Å². The fourth-order valence-electron chi connectivity index (χ4n) is 7.71. The van der Waals surface area contributed by atoms with E-state index in [-0.39, 0.29) is 5.41 Å². The molecule has 0 N–H and O–H groups in total. The Morgan fingerprint density at radius 3 is 2.11 bits per heavy atom. The fourth-order valence-corrected chi connectivity index (χ4v) is 8.97. The zero-order valence-electron chi connectivity index (χ0n) is 25.9. The number of nitrogens with zero attached hydrogens (tertiary/aromatic N) is 4. The third kappa shape index (κ3) is 3.72. The molecule has 1 aliphatic heterocycles. The summed E-state index contributed by atoms with van der Waals surface area (Å²) in [6, 6.07) is 45.4. The molecular weight excluding hydrogens is 593 g/mol. The number of pyridine rings is 3. The maximum absolute atomic E-state index is 5.50. The van der Waals surface area contributed by atoms with E-state index < -0.39 is 0 Å². The molecule has 9 aromatic rings. The van der Waals surface area contributed by atoms with Crippen LogP contribution in [-0.2, 0) is 5.41 Å². The van der Waals surface area contributed by atoms with Gasteiger partial charge < -0.3 is 0 Å². The number of rotatable bonds is 2. The molecule has 0 amide bonds. The van der Waals surface area contributed by atoms with E-state index in [2.05, 4.69) is 127 Å². The SMILES string of the molecule is CC1(C)c2ccccc2N(c2ccc3ccc4ccc(-c5ccccn5)nc4c3n2)c2c1c1ccccc1c1c2sc2ccccc21. The first kappa shape index (κ1) is 26.6. The summed E-state index contributed by atoms with van der Waals surface area (Å²) < 4.78 is 2.58. The monoisotopic (exact) mass is 620 g/mol. The summed E-state index contributed by atoms with van der Waals surface area (Å²) in [6.45, 7) is 4.75. The molecule has 1 aliphatic rings. The van der Waals surface area contributed by atoms with E-state index in [0.29, 0.717) is 0 Å². The minimum absolute atomic E-state index is 0.241. The quantitative estimate of drug-likeness (QED) is 0.180. The summed E-state index contributed by atoms with van der Waals surface area (Å²) in [7, 11) is 0. The lowest BCUT2D eigenvalue weighted by molar-refractivity contribution is 0.639. The van der Waals surface area contributed by atoms with E-state index in [4.69, 9.17) is 9.97 Å². The van der Waals surface area contributed by atoms with Crippen molar-refractivity contribution in [2.75, 3.05) is 4.90 Å². The molecule has 10 rings (SSSR count). The Bertz CT molecular complexity index is 2730. The maximum Gasteiger partial charge on any atom is 0.138 e. The van der Waals surface area contributed by atoms with Crippen LogP contribution in [0.3, 0.4) is 0 Å². The number of hydrogen-bond donors (Lipinski definition) is 0. The molecule has 0 spiro atoms. The minimum atomic E-state index is -0.241. The van der Waals surface area contributed by atoms with Gasteiger partial charge in [0.25, 0.3) is 0 Å². The van der Waals surface area contributed by atoms with Gasteiger partial charge >= 0.3 is 0 Å². The van der Waals surface area contributed by atoms with Gasteiger partial charge in [-0.25, -0.2) is 9.97 Å². The summed E-state index contributed by atoms with van der Waals surface area (Å²) in [5.41, 5.74) is 8.21. The predicted octanol–water partition coefficient (Wildman–Crippen LogP) is 11.5. The number of anilines is 3. The average molecular weight is 621 g/mol. The number of thiophene rings is 1. The largest absolute Gasteiger partial charge is 0.293 e. The number of fused-ring (bicyclic) bond motifs is 12. The zero-order chi connectivity index (χ0) is 31.3. The van der Waals surface area contributed by atoms with E-state index in [1.54, 1.807) is 0 Å². The van der Waals surface area contributed by atoms with Crippen molar-refractivity contribution in [1.82, 2.24) is 15.0 Å². The van der Waals surface area contributed by atoms with Crippen molar-refractivity contribution in [1.29, 1.82) is 0 Å². The van der Waals surface area contributed by atoms with Crippen molar-refractivity contribution in [3.05, 3.63) is 145 Å². The molecule has 0 bridgehead atoms. The highest BCUT2D eigenvalue weighted by Gasteiger charge is 2.40. The van der Waals surface area contributed by atoms with Gasteiger partial charge in [-0.1, -0.05) is 98.8 Å². The van der Waals surface area contributed by atoms with Gasteiger partial charge in [0.1, 0.15) is 5.82 Å². The first-order valence-electron chi connectivity index (χ1n) is 16.0. The highest BCUT2D eigenvalue weighted by Crippen LogP contribution is 2.58. The first-order chi connectivity index (χ1) is 23.1. The van der Waals surface area contributed by atoms with Gasteiger partial charge in [-0.3, -0.25) is 9.88 Å². The molecule has 0 unspecified atom stereocenters. The Balaban J connectivity index is 1.33. The fraction of sp³-hybridized carbons (Fsp3) is 0.0714. The topological polar surface area (TPSA) is 41.9 Å². The number of para-hydroxylation sites is 1. The first-order valence-corrected chi connectivity index (χ1v) is 16.8. The van der Waals surface area contributed by atoms with Crippen LogP contribution in [0.5, 0.6) is 0 Å². The molecule has 0 aliphatic carbocycles. The Hall–Kier alpha value is -5.65. The standard InChI is InChI=1S/C42H28N4S/c1-42(2)30-14-6-7-16-33(30)46(40-37(42)28-12-4-3-11-27(28)36-29-13-5-8-17-34(29)47-41(36)40)35-23-21-26-19-18-25-20-22-32(31-15-9-10-24-43-31)44-38(25)39(26)45-35/h3-24H,1-2H3. The lowest BCUT2D eigenvalue weighted by atomic mass is 9.71. The normalized spacial score (nSPS) is 13.9. The third-order valence-electron chi connectivity index (χ3n) is 9.84. The van der Waals surface area contributed by atoms with Crippen molar-refractivity contribution in [2.24, 2.45) is 0 Å². The van der Waals surface area contributed by atoms with Crippen molar-refractivity contribution in [3.63, 3.8) is 0 Å². The van der Waals surface area contributed by atoms with Gasteiger partial charge in [-0.05, 0) is 64.4 Å². The van der Waals surface area contributed by atoms with Crippen LogP contribution >= 0.6 is 11.3 Å². The van der Waals surface area contributed by atoms with Crippen molar-refractivity contribution >= 4 is 81.3 Å². The summed E-state index contributed by atoms with van der Waals surface area (Å²) >= 11 is 1.88. The van der Waals surface area contributed by atoms with E-state index >= 15 is 0 Å². The summed E-state index contributed by atoms with van der Waals surface area (Å²) in [5.74, 6) is 0.883. The van der Waals surface area contributed by atoms with Gasteiger partial charge in [0, 0.05) is 37.9 Å².